The Bertz CT molecular complexity index is 694. The minimum absolute atomic E-state index is 0.0665. The summed E-state index contributed by atoms with van der Waals surface area (Å²) in [6, 6.07) is 4.55. The quantitative estimate of drug-likeness (QED) is 0.737. The molecule has 0 saturated heterocycles. The van der Waals surface area contributed by atoms with Crippen LogP contribution in [0.15, 0.2) is 28.5 Å². The summed E-state index contributed by atoms with van der Waals surface area (Å²) in [7, 11) is -3.78. The SMILES string of the molecule is Cc1csc(CNc2ccc(S(N)(=O)=O)c(N)c2)n1. The molecule has 6 nitrogen and oxygen atoms in total. The number of hydrogen-bond acceptors (Lipinski definition) is 6. The number of aromatic nitrogens is 1. The van der Waals surface area contributed by atoms with Crippen molar-refractivity contribution >= 4 is 32.7 Å². The fraction of sp³-hybridized carbons (Fsp3) is 0.182. The molecule has 1 aromatic heterocycles. The summed E-state index contributed by atoms with van der Waals surface area (Å²) in [5.74, 6) is 0. The molecule has 0 atom stereocenters. The maximum Gasteiger partial charge on any atom is 0.240 e. The van der Waals surface area contributed by atoms with E-state index in [9.17, 15) is 8.42 Å². The highest BCUT2D eigenvalue weighted by Crippen LogP contribution is 2.22. The van der Waals surface area contributed by atoms with Crippen LogP contribution in [0.2, 0.25) is 0 Å². The summed E-state index contributed by atoms with van der Waals surface area (Å²) in [6.07, 6.45) is 0. The molecular formula is C11H14N4O2S2. The molecule has 0 radical (unpaired) electrons. The lowest BCUT2D eigenvalue weighted by atomic mass is 10.3. The lowest BCUT2D eigenvalue weighted by Crippen LogP contribution is -2.14. The molecule has 0 aliphatic rings. The van der Waals surface area contributed by atoms with Crippen LogP contribution >= 0.6 is 11.3 Å². The number of hydrogen-bond donors (Lipinski definition) is 3. The highest BCUT2D eigenvalue weighted by molar-refractivity contribution is 7.89. The molecule has 0 saturated carbocycles. The summed E-state index contributed by atoms with van der Waals surface area (Å²) >= 11 is 1.56. The Kier molecular flexibility index (Phi) is 3.74. The summed E-state index contributed by atoms with van der Waals surface area (Å²) in [5, 5.41) is 11.1. The van der Waals surface area contributed by atoms with Gasteiger partial charge in [-0.3, -0.25) is 0 Å². The van der Waals surface area contributed by atoms with E-state index < -0.39 is 10.0 Å². The predicted octanol–water partition coefficient (Wildman–Crippen LogP) is 1.29. The predicted molar refractivity (Wildman–Crippen MR) is 76.4 cm³/mol. The van der Waals surface area contributed by atoms with Crippen LogP contribution in [0.4, 0.5) is 11.4 Å². The number of benzene rings is 1. The van der Waals surface area contributed by atoms with Crippen LogP contribution in [0.5, 0.6) is 0 Å². The van der Waals surface area contributed by atoms with E-state index in [1.807, 2.05) is 12.3 Å². The number of nitrogens with two attached hydrogens (primary N) is 2. The van der Waals surface area contributed by atoms with Gasteiger partial charge >= 0.3 is 0 Å². The fourth-order valence-electron chi connectivity index (χ4n) is 1.58. The number of aryl methyl sites for hydroxylation is 1. The van der Waals surface area contributed by atoms with Gasteiger partial charge in [0.1, 0.15) is 9.90 Å². The Morgan fingerprint density at radius 2 is 2.16 bits per heavy atom. The first kappa shape index (κ1) is 13.8. The molecule has 5 N–H and O–H groups in total. The standard InChI is InChI=1S/C11H14N4O2S2/c1-7-6-18-11(15-7)5-14-8-2-3-10(9(12)4-8)19(13,16)17/h2-4,6,14H,5,12H2,1H3,(H2,13,16,17). The van der Waals surface area contributed by atoms with Gasteiger partial charge in [-0.1, -0.05) is 0 Å². The van der Waals surface area contributed by atoms with Crippen molar-refractivity contribution in [2.75, 3.05) is 11.1 Å². The van der Waals surface area contributed by atoms with Crippen molar-refractivity contribution in [1.82, 2.24) is 4.98 Å². The number of anilines is 2. The van der Waals surface area contributed by atoms with Crippen molar-refractivity contribution < 1.29 is 8.42 Å². The monoisotopic (exact) mass is 298 g/mol. The number of nitrogens with zero attached hydrogens (tertiary/aromatic N) is 1. The zero-order valence-electron chi connectivity index (χ0n) is 10.3. The van der Waals surface area contributed by atoms with Crippen LogP contribution in [0, 0.1) is 6.92 Å². The molecule has 0 unspecified atom stereocenters. The van der Waals surface area contributed by atoms with Gasteiger partial charge in [0.15, 0.2) is 0 Å². The van der Waals surface area contributed by atoms with E-state index in [2.05, 4.69) is 10.3 Å². The molecular weight excluding hydrogens is 284 g/mol. The molecule has 19 heavy (non-hydrogen) atoms. The Balaban J connectivity index is 2.12. The van der Waals surface area contributed by atoms with Crippen molar-refractivity contribution in [2.45, 2.75) is 18.4 Å². The molecule has 8 heteroatoms. The van der Waals surface area contributed by atoms with Gasteiger partial charge in [0.25, 0.3) is 0 Å². The lowest BCUT2D eigenvalue weighted by molar-refractivity contribution is 0.598. The Morgan fingerprint density at radius 1 is 1.42 bits per heavy atom. The van der Waals surface area contributed by atoms with E-state index >= 15 is 0 Å². The third-order valence-corrected chi connectivity index (χ3v) is 4.38. The molecule has 0 bridgehead atoms. The van der Waals surface area contributed by atoms with Gasteiger partial charge in [-0.15, -0.1) is 11.3 Å². The van der Waals surface area contributed by atoms with E-state index in [1.54, 1.807) is 23.5 Å². The zero-order chi connectivity index (χ0) is 14.0. The maximum atomic E-state index is 11.2. The molecule has 1 heterocycles. The van der Waals surface area contributed by atoms with Crippen LogP contribution in [-0.2, 0) is 16.6 Å². The fourth-order valence-corrected chi connectivity index (χ4v) is 2.94. The van der Waals surface area contributed by atoms with E-state index in [4.69, 9.17) is 10.9 Å². The molecule has 0 spiro atoms. The number of sulfonamides is 1. The van der Waals surface area contributed by atoms with Gasteiger partial charge in [0.2, 0.25) is 10.0 Å². The van der Waals surface area contributed by atoms with Gasteiger partial charge in [0, 0.05) is 16.8 Å². The molecule has 2 rings (SSSR count). The Labute approximate surface area is 115 Å². The maximum absolute atomic E-state index is 11.2. The van der Waals surface area contributed by atoms with E-state index in [1.165, 1.54) is 6.07 Å². The van der Waals surface area contributed by atoms with Gasteiger partial charge in [-0.05, 0) is 25.1 Å². The van der Waals surface area contributed by atoms with Crippen molar-refractivity contribution in [3.63, 3.8) is 0 Å². The van der Waals surface area contributed by atoms with Crippen LogP contribution in [0.25, 0.3) is 0 Å². The van der Waals surface area contributed by atoms with Crippen molar-refractivity contribution in [3.05, 3.63) is 34.3 Å². The summed E-state index contributed by atoms with van der Waals surface area (Å²) < 4.78 is 22.4. The van der Waals surface area contributed by atoms with Crippen molar-refractivity contribution in [3.8, 4) is 0 Å². The number of nitrogens with one attached hydrogen (secondary N) is 1. The van der Waals surface area contributed by atoms with E-state index in [0.29, 0.717) is 6.54 Å². The van der Waals surface area contributed by atoms with Crippen molar-refractivity contribution in [2.24, 2.45) is 5.14 Å². The molecule has 0 aliphatic carbocycles. The van der Waals surface area contributed by atoms with Gasteiger partial charge in [-0.25, -0.2) is 18.5 Å². The second kappa shape index (κ2) is 5.16. The largest absolute Gasteiger partial charge is 0.398 e. The molecule has 1 aromatic carbocycles. The van der Waals surface area contributed by atoms with Crippen LogP contribution in [0.1, 0.15) is 10.7 Å². The molecule has 2 aromatic rings. The minimum atomic E-state index is -3.78. The average molecular weight is 298 g/mol. The molecule has 0 aliphatic heterocycles. The first-order valence-corrected chi connectivity index (χ1v) is 7.86. The molecule has 0 amide bonds. The second-order valence-corrected chi connectivity index (χ2v) is 6.51. The van der Waals surface area contributed by atoms with E-state index in [0.717, 1.165) is 16.4 Å². The van der Waals surface area contributed by atoms with Gasteiger partial charge < -0.3 is 11.1 Å². The van der Waals surface area contributed by atoms with Crippen LogP contribution in [0.3, 0.4) is 0 Å². The number of nitrogen functional groups attached to an aromatic ring is 1. The average Bonchev–Trinajstić information content (AvgIpc) is 2.71. The third kappa shape index (κ3) is 3.43. The number of rotatable bonds is 4. The molecule has 0 fully saturated rings. The number of primary sulfonamides is 1. The topological polar surface area (TPSA) is 111 Å². The first-order valence-electron chi connectivity index (χ1n) is 5.43. The highest BCUT2D eigenvalue weighted by Gasteiger charge is 2.12. The summed E-state index contributed by atoms with van der Waals surface area (Å²) in [6.45, 7) is 2.49. The first-order chi connectivity index (χ1) is 8.86. The Morgan fingerprint density at radius 3 is 2.68 bits per heavy atom. The van der Waals surface area contributed by atoms with Gasteiger partial charge in [0.05, 0.1) is 12.2 Å². The number of thiazole rings is 1. The smallest absolute Gasteiger partial charge is 0.240 e. The Hall–Kier alpha value is -1.64. The second-order valence-electron chi connectivity index (χ2n) is 4.03. The van der Waals surface area contributed by atoms with Crippen LogP contribution < -0.4 is 16.2 Å². The third-order valence-electron chi connectivity index (χ3n) is 2.43. The molecule has 102 valence electrons. The summed E-state index contributed by atoms with van der Waals surface area (Å²) in [5.41, 5.74) is 7.49. The minimum Gasteiger partial charge on any atom is -0.398 e. The normalized spacial score (nSPS) is 11.5. The van der Waals surface area contributed by atoms with Crippen LogP contribution in [-0.4, -0.2) is 13.4 Å². The highest BCUT2D eigenvalue weighted by atomic mass is 32.2. The van der Waals surface area contributed by atoms with E-state index in [-0.39, 0.29) is 10.6 Å². The van der Waals surface area contributed by atoms with Gasteiger partial charge in [-0.2, -0.15) is 0 Å². The lowest BCUT2D eigenvalue weighted by Gasteiger charge is -2.08. The summed E-state index contributed by atoms with van der Waals surface area (Å²) in [4.78, 5) is 4.25. The zero-order valence-corrected chi connectivity index (χ0v) is 11.9. The van der Waals surface area contributed by atoms with Crippen molar-refractivity contribution in [1.29, 1.82) is 0 Å².